The Morgan fingerprint density at radius 1 is 1.50 bits per heavy atom. The maximum Gasteiger partial charge on any atom is 0.269 e. The molecule has 6 heteroatoms. The zero-order valence-electron chi connectivity index (χ0n) is 11.6. The number of hydrogen-bond acceptors (Lipinski definition) is 4. The van der Waals surface area contributed by atoms with E-state index in [1.54, 1.807) is 25.4 Å². The Hall–Kier alpha value is -1.69. The number of carbonyl (C=O) groups is 1. The van der Waals surface area contributed by atoms with E-state index < -0.39 is 6.17 Å². The van der Waals surface area contributed by atoms with Gasteiger partial charge in [0.05, 0.1) is 6.20 Å². The highest BCUT2D eigenvalue weighted by Crippen LogP contribution is 2.13. The zero-order valence-corrected chi connectivity index (χ0v) is 11.6. The minimum Gasteiger partial charge on any atom is -0.491 e. The Bertz CT molecular complexity index is 431. The van der Waals surface area contributed by atoms with Crippen LogP contribution >= 0.6 is 0 Å². The van der Waals surface area contributed by atoms with Crippen molar-refractivity contribution in [2.45, 2.75) is 19.0 Å². The molecule has 1 aliphatic heterocycles. The fourth-order valence-corrected chi connectivity index (χ4v) is 2.15. The van der Waals surface area contributed by atoms with Gasteiger partial charge >= 0.3 is 0 Å². The van der Waals surface area contributed by atoms with Crippen molar-refractivity contribution in [3.05, 3.63) is 24.0 Å². The molecule has 110 valence electrons. The molecule has 1 amide bonds. The van der Waals surface area contributed by atoms with Crippen LogP contribution < -0.4 is 10.1 Å². The number of likely N-dealkylation sites (tertiary alicyclic amines) is 1. The van der Waals surface area contributed by atoms with Gasteiger partial charge in [0.2, 0.25) is 0 Å². The summed E-state index contributed by atoms with van der Waals surface area (Å²) in [6.45, 7) is 2.90. The van der Waals surface area contributed by atoms with Crippen molar-refractivity contribution in [3.8, 4) is 5.75 Å². The van der Waals surface area contributed by atoms with Gasteiger partial charge in [-0.05, 0) is 25.0 Å². The Balaban J connectivity index is 1.73. The second kappa shape index (κ2) is 7.19. The number of halogens is 1. The monoisotopic (exact) mass is 281 g/mol. The molecule has 1 fully saturated rings. The summed E-state index contributed by atoms with van der Waals surface area (Å²) in [5.74, 6) is 0.420. The fraction of sp³-hybridized carbons (Fsp3) is 0.571. The lowest BCUT2D eigenvalue weighted by Crippen LogP contribution is -2.37. The van der Waals surface area contributed by atoms with Crippen LogP contribution in [0.5, 0.6) is 5.75 Å². The van der Waals surface area contributed by atoms with Crippen LogP contribution in [0.3, 0.4) is 0 Å². The third-order valence-electron chi connectivity index (χ3n) is 3.39. The molecule has 1 N–H and O–H groups in total. The Morgan fingerprint density at radius 3 is 2.85 bits per heavy atom. The molecule has 0 bridgehead atoms. The summed E-state index contributed by atoms with van der Waals surface area (Å²) >= 11 is 0. The van der Waals surface area contributed by atoms with Crippen LogP contribution in [0.4, 0.5) is 4.39 Å². The maximum atomic E-state index is 13.0. The highest BCUT2D eigenvalue weighted by Gasteiger charge is 2.17. The van der Waals surface area contributed by atoms with Crippen molar-refractivity contribution >= 4 is 5.91 Å². The molecule has 1 aromatic heterocycles. The summed E-state index contributed by atoms with van der Waals surface area (Å²) in [5.41, 5.74) is 0.366. The third-order valence-corrected chi connectivity index (χ3v) is 3.39. The first-order valence-electron chi connectivity index (χ1n) is 6.86. The fourth-order valence-electron chi connectivity index (χ4n) is 2.15. The highest BCUT2D eigenvalue weighted by molar-refractivity contribution is 5.91. The van der Waals surface area contributed by atoms with E-state index in [2.05, 4.69) is 15.2 Å². The van der Waals surface area contributed by atoms with Crippen molar-refractivity contribution < 1.29 is 13.9 Å². The number of piperidine rings is 1. The van der Waals surface area contributed by atoms with Crippen molar-refractivity contribution in [2.75, 3.05) is 33.3 Å². The zero-order chi connectivity index (χ0) is 14.4. The Morgan fingerprint density at radius 2 is 2.25 bits per heavy atom. The quantitative estimate of drug-likeness (QED) is 0.882. The molecule has 0 aromatic carbocycles. The normalized spacial score (nSPS) is 16.9. The van der Waals surface area contributed by atoms with Gasteiger partial charge in [0, 0.05) is 26.7 Å². The summed E-state index contributed by atoms with van der Waals surface area (Å²) in [6, 6.07) is 3.36. The number of rotatable bonds is 5. The van der Waals surface area contributed by atoms with Gasteiger partial charge in [0.1, 0.15) is 24.2 Å². The molecule has 0 aliphatic carbocycles. The molecule has 0 unspecified atom stereocenters. The summed E-state index contributed by atoms with van der Waals surface area (Å²) in [6.07, 6.45) is 2.12. The number of hydrogen-bond donors (Lipinski definition) is 1. The van der Waals surface area contributed by atoms with Crippen LogP contribution in [0.1, 0.15) is 23.3 Å². The van der Waals surface area contributed by atoms with E-state index >= 15 is 0 Å². The molecule has 1 aliphatic rings. The lowest BCUT2D eigenvalue weighted by atomic mass is 10.1. The van der Waals surface area contributed by atoms with Gasteiger partial charge in [-0.3, -0.25) is 9.69 Å². The van der Waals surface area contributed by atoms with Crippen LogP contribution in [0, 0.1) is 0 Å². The smallest absolute Gasteiger partial charge is 0.269 e. The second-order valence-electron chi connectivity index (χ2n) is 4.82. The minimum atomic E-state index is -0.645. The molecule has 5 nitrogen and oxygen atoms in total. The lowest BCUT2D eigenvalue weighted by molar-refractivity contribution is 0.0958. The molecule has 0 spiro atoms. The van der Waals surface area contributed by atoms with E-state index in [1.165, 1.54) is 0 Å². The summed E-state index contributed by atoms with van der Waals surface area (Å²) < 4.78 is 18.6. The number of ether oxygens (including phenoxy) is 1. The first-order chi connectivity index (χ1) is 9.69. The Kier molecular flexibility index (Phi) is 5.29. The minimum absolute atomic E-state index is 0.217. The van der Waals surface area contributed by atoms with E-state index in [1.807, 2.05) is 0 Å². The van der Waals surface area contributed by atoms with Crippen LogP contribution in [-0.4, -0.2) is 55.3 Å². The second-order valence-corrected chi connectivity index (χ2v) is 4.82. The third kappa shape index (κ3) is 4.16. The standard InChI is InChI=1S/C14H20FN3O2/c1-16-14(19)13-3-2-12(10-17-13)20-9-8-18-6-4-11(15)5-7-18/h2-3,10-11H,4-9H2,1H3,(H,16,19). The predicted molar refractivity (Wildman–Crippen MR) is 73.7 cm³/mol. The highest BCUT2D eigenvalue weighted by atomic mass is 19.1. The number of alkyl halides is 1. The van der Waals surface area contributed by atoms with Gasteiger partial charge in [-0.2, -0.15) is 0 Å². The molecule has 1 saturated heterocycles. The molecule has 2 heterocycles. The molecule has 2 rings (SSSR count). The summed E-state index contributed by atoms with van der Waals surface area (Å²) in [7, 11) is 1.56. The van der Waals surface area contributed by atoms with E-state index in [0.29, 0.717) is 30.9 Å². The van der Waals surface area contributed by atoms with Crippen LogP contribution in [0.25, 0.3) is 0 Å². The Labute approximate surface area is 118 Å². The average molecular weight is 281 g/mol. The molecule has 0 atom stereocenters. The van der Waals surface area contributed by atoms with Gasteiger partial charge in [-0.1, -0.05) is 0 Å². The SMILES string of the molecule is CNC(=O)c1ccc(OCCN2CCC(F)CC2)cn1. The summed E-state index contributed by atoms with van der Waals surface area (Å²) in [4.78, 5) is 17.5. The van der Waals surface area contributed by atoms with Crippen molar-refractivity contribution in [2.24, 2.45) is 0 Å². The van der Waals surface area contributed by atoms with E-state index in [0.717, 1.165) is 19.6 Å². The molecule has 0 saturated carbocycles. The van der Waals surface area contributed by atoms with Gasteiger partial charge in [0.15, 0.2) is 0 Å². The van der Waals surface area contributed by atoms with Crippen LogP contribution in [0.15, 0.2) is 18.3 Å². The largest absolute Gasteiger partial charge is 0.491 e. The molecular formula is C14H20FN3O2. The number of aromatic nitrogens is 1. The molecule has 1 aromatic rings. The molecular weight excluding hydrogens is 261 g/mol. The lowest BCUT2D eigenvalue weighted by Gasteiger charge is -2.28. The van der Waals surface area contributed by atoms with Gasteiger partial charge in [-0.25, -0.2) is 9.37 Å². The van der Waals surface area contributed by atoms with E-state index in [4.69, 9.17) is 4.74 Å². The predicted octanol–water partition coefficient (Wildman–Crippen LogP) is 1.25. The van der Waals surface area contributed by atoms with Crippen molar-refractivity contribution in [1.82, 2.24) is 15.2 Å². The van der Waals surface area contributed by atoms with Gasteiger partial charge < -0.3 is 10.1 Å². The first kappa shape index (κ1) is 14.7. The number of nitrogens with one attached hydrogen (secondary N) is 1. The topological polar surface area (TPSA) is 54.5 Å². The maximum absolute atomic E-state index is 13.0. The van der Waals surface area contributed by atoms with E-state index in [9.17, 15) is 9.18 Å². The number of nitrogens with zero attached hydrogens (tertiary/aromatic N) is 2. The number of amides is 1. The van der Waals surface area contributed by atoms with Crippen LogP contribution in [0.2, 0.25) is 0 Å². The average Bonchev–Trinajstić information content (AvgIpc) is 2.49. The molecule has 20 heavy (non-hydrogen) atoms. The molecule has 0 radical (unpaired) electrons. The van der Waals surface area contributed by atoms with E-state index in [-0.39, 0.29) is 5.91 Å². The summed E-state index contributed by atoms with van der Waals surface area (Å²) in [5, 5.41) is 2.51. The van der Waals surface area contributed by atoms with Gasteiger partial charge in [0.25, 0.3) is 5.91 Å². The first-order valence-corrected chi connectivity index (χ1v) is 6.86. The number of carbonyl (C=O) groups excluding carboxylic acids is 1. The van der Waals surface area contributed by atoms with Gasteiger partial charge in [-0.15, -0.1) is 0 Å². The van der Waals surface area contributed by atoms with Crippen molar-refractivity contribution in [3.63, 3.8) is 0 Å². The van der Waals surface area contributed by atoms with Crippen molar-refractivity contribution in [1.29, 1.82) is 0 Å². The van der Waals surface area contributed by atoms with Crippen LogP contribution in [-0.2, 0) is 0 Å². The number of pyridine rings is 1.